The minimum Gasteiger partial charge on any atom is -0.373 e. The monoisotopic (exact) mass is 269 g/mol. The van der Waals surface area contributed by atoms with Crippen LogP contribution in [0.25, 0.3) is 0 Å². The Hall–Kier alpha value is -2.39. The third-order valence-electron chi connectivity index (χ3n) is 3.29. The van der Waals surface area contributed by atoms with E-state index in [1.807, 2.05) is 23.0 Å². The van der Waals surface area contributed by atoms with Gasteiger partial charge in [-0.2, -0.15) is 10.4 Å². The lowest BCUT2D eigenvalue weighted by atomic mass is 10.2. The second-order valence-electron chi connectivity index (χ2n) is 4.68. The Kier molecular flexibility index (Phi) is 3.61. The molecule has 0 aromatic carbocycles. The summed E-state index contributed by atoms with van der Waals surface area (Å²) in [6, 6.07) is 7.66. The van der Waals surface area contributed by atoms with E-state index in [4.69, 9.17) is 10.00 Å². The van der Waals surface area contributed by atoms with Gasteiger partial charge in [0.15, 0.2) is 0 Å². The molecule has 102 valence electrons. The van der Waals surface area contributed by atoms with Gasteiger partial charge in [-0.15, -0.1) is 0 Å². The highest BCUT2D eigenvalue weighted by Crippen LogP contribution is 2.16. The topological polar surface area (TPSA) is 67.0 Å². The van der Waals surface area contributed by atoms with E-state index < -0.39 is 0 Å². The third kappa shape index (κ3) is 2.78. The smallest absolute Gasteiger partial charge is 0.128 e. The van der Waals surface area contributed by atoms with Crippen molar-refractivity contribution in [2.75, 3.05) is 24.6 Å². The zero-order chi connectivity index (χ0) is 13.8. The summed E-state index contributed by atoms with van der Waals surface area (Å²) in [5.41, 5.74) is 0.579. The Morgan fingerprint density at radius 3 is 3.10 bits per heavy atom. The van der Waals surface area contributed by atoms with E-state index in [1.165, 1.54) is 0 Å². The summed E-state index contributed by atoms with van der Waals surface area (Å²) in [4.78, 5) is 6.51. The van der Waals surface area contributed by atoms with Crippen molar-refractivity contribution in [3.8, 4) is 6.07 Å². The molecule has 2 aromatic rings. The summed E-state index contributed by atoms with van der Waals surface area (Å²) in [6.07, 6.45) is 5.40. The Labute approximate surface area is 117 Å². The zero-order valence-corrected chi connectivity index (χ0v) is 11.0. The maximum atomic E-state index is 8.79. The highest BCUT2D eigenvalue weighted by molar-refractivity contribution is 5.42. The molecule has 6 nitrogen and oxygen atoms in total. The molecule has 0 saturated carbocycles. The molecule has 1 aliphatic heterocycles. The van der Waals surface area contributed by atoms with E-state index >= 15 is 0 Å². The van der Waals surface area contributed by atoms with Crippen molar-refractivity contribution < 1.29 is 4.74 Å². The van der Waals surface area contributed by atoms with Crippen molar-refractivity contribution in [3.05, 3.63) is 42.4 Å². The summed E-state index contributed by atoms with van der Waals surface area (Å²) in [5.74, 6) is 0.887. The van der Waals surface area contributed by atoms with Gasteiger partial charge in [0.2, 0.25) is 0 Å². The maximum absolute atomic E-state index is 8.79. The van der Waals surface area contributed by atoms with Gasteiger partial charge in [0.05, 0.1) is 24.8 Å². The van der Waals surface area contributed by atoms with Crippen molar-refractivity contribution in [2.45, 2.75) is 12.6 Å². The van der Waals surface area contributed by atoms with E-state index in [1.54, 1.807) is 18.5 Å². The average molecular weight is 269 g/mol. The van der Waals surface area contributed by atoms with Crippen molar-refractivity contribution in [2.24, 2.45) is 0 Å². The third-order valence-corrected chi connectivity index (χ3v) is 3.29. The van der Waals surface area contributed by atoms with Crippen LogP contribution in [0.4, 0.5) is 5.82 Å². The average Bonchev–Trinajstić information content (AvgIpc) is 3.01. The Morgan fingerprint density at radius 1 is 1.45 bits per heavy atom. The number of hydrogen-bond acceptors (Lipinski definition) is 5. The molecule has 0 amide bonds. The van der Waals surface area contributed by atoms with Gasteiger partial charge in [-0.3, -0.25) is 4.68 Å². The second-order valence-corrected chi connectivity index (χ2v) is 4.68. The molecule has 6 heteroatoms. The van der Waals surface area contributed by atoms with Crippen LogP contribution in [0.5, 0.6) is 0 Å². The molecule has 2 aromatic heterocycles. The predicted molar refractivity (Wildman–Crippen MR) is 73.1 cm³/mol. The number of aromatic nitrogens is 3. The van der Waals surface area contributed by atoms with Crippen LogP contribution in [0, 0.1) is 11.3 Å². The van der Waals surface area contributed by atoms with Crippen LogP contribution in [0.15, 0.2) is 36.8 Å². The SMILES string of the molecule is N#Cc1ccc(N2CCO[C@@H](Cn3cccn3)C2)nc1. The molecule has 0 radical (unpaired) electrons. The minimum atomic E-state index is 0.0982. The van der Waals surface area contributed by atoms with Gasteiger partial charge in [-0.05, 0) is 18.2 Å². The molecule has 3 rings (SSSR count). The molecule has 3 heterocycles. The van der Waals surface area contributed by atoms with Gasteiger partial charge in [-0.1, -0.05) is 0 Å². The lowest BCUT2D eigenvalue weighted by molar-refractivity contribution is 0.0272. The van der Waals surface area contributed by atoms with Crippen molar-refractivity contribution in [1.82, 2.24) is 14.8 Å². The highest BCUT2D eigenvalue weighted by Gasteiger charge is 2.21. The summed E-state index contributed by atoms with van der Waals surface area (Å²) in [6.45, 7) is 3.00. The fraction of sp³-hybridized carbons (Fsp3) is 0.357. The summed E-state index contributed by atoms with van der Waals surface area (Å²) >= 11 is 0. The van der Waals surface area contributed by atoms with Crippen LogP contribution in [-0.2, 0) is 11.3 Å². The molecule has 0 spiro atoms. The fourth-order valence-electron chi connectivity index (χ4n) is 2.29. The molecule has 1 aliphatic rings. The largest absolute Gasteiger partial charge is 0.373 e. The number of nitrogens with zero attached hydrogens (tertiary/aromatic N) is 5. The number of ether oxygens (including phenoxy) is 1. The fourth-order valence-corrected chi connectivity index (χ4v) is 2.29. The molecule has 1 atom stereocenters. The van der Waals surface area contributed by atoms with Gasteiger partial charge in [0, 0.05) is 31.7 Å². The number of hydrogen-bond donors (Lipinski definition) is 0. The standard InChI is InChI=1S/C14H15N5O/c15-8-12-2-3-14(16-9-12)18-6-7-20-13(10-18)11-19-5-1-4-17-19/h1-5,9,13H,6-7,10-11H2/t13-/m1/s1. The van der Waals surface area contributed by atoms with Crippen molar-refractivity contribution in [1.29, 1.82) is 5.26 Å². The van der Waals surface area contributed by atoms with Gasteiger partial charge in [0.1, 0.15) is 11.9 Å². The van der Waals surface area contributed by atoms with Crippen molar-refractivity contribution in [3.63, 3.8) is 0 Å². The first-order valence-electron chi connectivity index (χ1n) is 6.55. The van der Waals surface area contributed by atoms with E-state index in [0.29, 0.717) is 12.2 Å². The lowest BCUT2D eigenvalue weighted by Gasteiger charge is -2.33. The van der Waals surface area contributed by atoms with Crippen LogP contribution in [0.3, 0.4) is 0 Å². The number of morpholine rings is 1. The number of pyridine rings is 1. The molecule has 0 unspecified atom stereocenters. The van der Waals surface area contributed by atoms with E-state index in [9.17, 15) is 0 Å². The molecule has 0 N–H and O–H groups in total. The first-order valence-corrected chi connectivity index (χ1v) is 6.55. The number of rotatable bonds is 3. The van der Waals surface area contributed by atoms with Crippen LogP contribution in [0.2, 0.25) is 0 Å². The maximum Gasteiger partial charge on any atom is 0.128 e. The Balaban J connectivity index is 1.66. The van der Waals surface area contributed by atoms with E-state index in [0.717, 1.165) is 25.5 Å². The predicted octanol–water partition coefficient (Wildman–Crippen LogP) is 1.06. The van der Waals surface area contributed by atoms with E-state index in [2.05, 4.69) is 21.1 Å². The van der Waals surface area contributed by atoms with Crippen LogP contribution in [-0.4, -0.2) is 40.6 Å². The van der Waals surface area contributed by atoms with Crippen LogP contribution >= 0.6 is 0 Å². The first-order chi connectivity index (χ1) is 9.85. The number of anilines is 1. The lowest BCUT2D eigenvalue weighted by Crippen LogP contribution is -2.44. The highest BCUT2D eigenvalue weighted by atomic mass is 16.5. The molecule has 1 fully saturated rings. The summed E-state index contributed by atoms with van der Waals surface area (Å²) in [5, 5.41) is 13.0. The van der Waals surface area contributed by atoms with Gasteiger partial charge >= 0.3 is 0 Å². The summed E-state index contributed by atoms with van der Waals surface area (Å²) < 4.78 is 7.64. The summed E-state index contributed by atoms with van der Waals surface area (Å²) in [7, 11) is 0. The molecule has 1 saturated heterocycles. The molecular formula is C14H15N5O. The molecular weight excluding hydrogens is 254 g/mol. The van der Waals surface area contributed by atoms with Gasteiger partial charge in [0.25, 0.3) is 0 Å². The van der Waals surface area contributed by atoms with Crippen LogP contribution < -0.4 is 4.90 Å². The molecule has 0 aliphatic carbocycles. The van der Waals surface area contributed by atoms with E-state index in [-0.39, 0.29) is 6.10 Å². The molecule has 0 bridgehead atoms. The second kappa shape index (κ2) is 5.72. The first kappa shape index (κ1) is 12.6. The Bertz CT molecular complexity index is 587. The van der Waals surface area contributed by atoms with Crippen LogP contribution in [0.1, 0.15) is 5.56 Å². The van der Waals surface area contributed by atoms with Crippen molar-refractivity contribution >= 4 is 5.82 Å². The van der Waals surface area contributed by atoms with Gasteiger partial charge < -0.3 is 9.64 Å². The molecule has 20 heavy (non-hydrogen) atoms. The number of nitriles is 1. The normalized spacial score (nSPS) is 18.8. The zero-order valence-electron chi connectivity index (χ0n) is 11.0. The quantitative estimate of drug-likeness (QED) is 0.833. The minimum absolute atomic E-state index is 0.0982. The van der Waals surface area contributed by atoms with Gasteiger partial charge in [-0.25, -0.2) is 4.98 Å². The Morgan fingerprint density at radius 2 is 2.40 bits per heavy atom.